The van der Waals surface area contributed by atoms with Gasteiger partial charge in [-0.2, -0.15) is 0 Å². The Balaban J connectivity index is 1.61. The van der Waals surface area contributed by atoms with Crippen LogP contribution in [0.1, 0.15) is 49.8 Å². The third kappa shape index (κ3) is 5.51. The smallest absolute Gasteiger partial charge is 0.220 e. The highest BCUT2D eigenvalue weighted by atomic mass is 16.5. The van der Waals surface area contributed by atoms with E-state index in [4.69, 9.17) is 4.74 Å². The van der Waals surface area contributed by atoms with Gasteiger partial charge in [-0.3, -0.25) is 4.79 Å². The number of para-hydroxylation sites is 1. The molecule has 4 nitrogen and oxygen atoms in total. The zero-order valence-corrected chi connectivity index (χ0v) is 20.5. The van der Waals surface area contributed by atoms with E-state index in [9.17, 15) is 4.79 Å². The van der Waals surface area contributed by atoms with Gasteiger partial charge in [0, 0.05) is 36.6 Å². The van der Waals surface area contributed by atoms with Crippen molar-refractivity contribution in [1.29, 1.82) is 0 Å². The van der Waals surface area contributed by atoms with Gasteiger partial charge in [-0.25, -0.2) is 0 Å². The largest absolute Gasteiger partial charge is 0.497 e. The second-order valence-electron chi connectivity index (χ2n) is 9.96. The molecule has 0 bridgehead atoms. The van der Waals surface area contributed by atoms with Crippen molar-refractivity contribution in [3.05, 3.63) is 102 Å². The predicted octanol–water partition coefficient (Wildman–Crippen LogP) is 6.53. The van der Waals surface area contributed by atoms with E-state index in [1.165, 1.54) is 22.0 Å². The second-order valence-corrected chi connectivity index (χ2v) is 9.96. The Hall–Kier alpha value is -3.53. The first-order valence-electron chi connectivity index (χ1n) is 11.9. The lowest BCUT2D eigenvalue weighted by atomic mass is 9.74. The van der Waals surface area contributed by atoms with E-state index < -0.39 is 0 Å². The summed E-state index contributed by atoms with van der Waals surface area (Å²) in [6.07, 6.45) is 2.70. The monoisotopic (exact) mass is 454 g/mol. The summed E-state index contributed by atoms with van der Waals surface area (Å²) in [7, 11) is 1.68. The summed E-state index contributed by atoms with van der Waals surface area (Å²) in [5.41, 5.74) is 4.66. The summed E-state index contributed by atoms with van der Waals surface area (Å²) < 4.78 is 7.60. The molecule has 0 spiro atoms. The molecule has 0 aliphatic rings. The number of carbonyl (C=O) groups is 1. The molecule has 4 aromatic rings. The van der Waals surface area contributed by atoms with Gasteiger partial charge in [-0.15, -0.1) is 0 Å². The highest BCUT2D eigenvalue weighted by Gasteiger charge is 2.31. The highest BCUT2D eigenvalue weighted by Crippen LogP contribution is 2.41. The molecule has 0 saturated heterocycles. The van der Waals surface area contributed by atoms with Gasteiger partial charge < -0.3 is 14.6 Å². The van der Waals surface area contributed by atoms with Crippen LogP contribution in [-0.2, 0) is 17.9 Å². The summed E-state index contributed by atoms with van der Waals surface area (Å²) >= 11 is 0. The number of fused-ring (bicyclic) bond motifs is 1. The predicted molar refractivity (Wildman–Crippen MR) is 139 cm³/mol. The van der Waals surface area contributed by atoms with E-state index in [1.54, 1.807) is 7.11 Å². The van der Waals surface area contributed by atoms with Gasteiger partial charge in [0.15, 0.2) is 0 Å². The molecule has 0 fully saturated rings. The van der Waals surface area contributed by atoms with Crippen molar-refractivity contribution >= 4 is 16.8 Å². The van der Waals surface area contributed by atoms with Crippen LogP contribution in [0.25, 0.3) is 10.9 Å². The number of methoxy groups -OCH3 is 1. The lowest BCUT2D eigenvalue weighted by Gasteiger charge is -2.30. The zero-order chi connectivity index (χ0) is 24.1. The number of nitrogens with one attached hydrogen (secondary N) is 1. The van der Waals surface area contributed by atoms with Gasteiger partial charge in [0.25, 0.3) is 0 Å². The number of carbonyl (C=O) groups excluding carboxylic acids is 1. The Morgan fingerprint density at radius 3 is 2.26 bits per heavy atom. The quantitative estimate of drug-likeness (QED) is 0.329. The van der Waals surface area contributed by atoms with Crippen molar-refractivity contribution in [2.24, 2.45) is 5.41 Å². The fourth-order valence-corrected chi connectivity index (χ4v) is 4.55. The normalized spacial score (nSPS) is 12.5. The molecule has 0 aliphatic carbocycles. The maximum atomic E-state index is 13.0. The van der Waals surface area contributed by atoms with Gasteiger partial charge in [0.05, 0.1) is 7.11 Å². The summed E-state index contributed by atoms with van der Waals surface area (Å²) in [6, 6.07) is 26.8. The third-order valence-corrected chi connectivity index (χ3v) is 6.47. The van der Waals surface area contributed by atoms with Crippen LogP contribution in [0, 0.1) is 5.41 Å². The molecule has 1 unspecified atom stereocenters. The van der Waals surface area contributed by atoms with Crippen molar-refractivity contribution in [2.75, 3.05) is 7.11 Å². The fraction of sp³-hybridized carbons (Fsp3) is 0.300. The van der Waals surface area contributed by atoms with Crippen molar-refractivity contribution in [1.82, 2.24) is 9.88 Å². The number of nitrogens with zero attached hydrogens (tertiary/aromatic N) is 1. The molecule has 1 atom stereocenters. The Morgan fingerprint density at radius 2 is 1.59 bits per heavy atom. The van der Waals surface area contributed by atoms with Crippen LogP contribution in [0.4, 0.5) is 0 Å². The van der Waals surface area contributed by atoms with Gasteiger partial charge in [-0.05, 0) is 46.2 Å². The van der Waals surface area contributed by atoms with E-state index in [0.717, 1.165) is 17.9 Å². The molecule has 4 heteroatoms. The van der Waals surface area contributed by atoms with E-state index in [-0.39, 0.29) is 17.2 Å². The van der Waals surface area contributed by atoms with Crippen molar-refractivity contribution in [3.8, 4) is 5.75 Å². The van der Waals surface area contributed by atoms with E-state index in [0.29, 0.717) is 13.0 Å². The summed E-state index contributed by atoms with van der Waals surface area (Å²) in [6.45, 7) is 7.98. The number of benzene rings is 3. The molecule has 1 N–H and O–H groups in total. The van der Waals surface area contributed by atoms with Crippen LogP contribution < -0.4 is 10.1 Å². The Kier molecular flexibility index (Phi) is 7.06. The lowest BCUT2D eigenvalue weighted by Crippen LogP contribution is -2.29. The highest BCUT2D eigenvalue weighted by molar-refractivity contribution is 5.86. The zero-order valence-electron chi connectivity index (χ0n) is 20.5. The molecule has 1 heterocycles. The molecule has 34 heavy (non-hydrogen) atoms. The molecular formula is C30H34N2O2. The van der Waals surface area contributed by atoms with Gasteiger partial charge in [-0.1, -0.05) is 81.4 Å². The number of ether oxygens (including phenoxy) is 1. The molecule has 4 rings (SSSR count). The topological polar surface area (TPSA) is 43.3 Å². The minimum Gasteiger partial charge on any atom is -0.497 e. The maximum absolute atomic E-state index is 13.0. The molecule has 0 aliphatic heterocycles. The van der Waals surface area contributed by atoms with E-state index >= 15 is 0 Å². The standard InChI is InChI=1S/C30H34N2O2/c1-30(2,3)27(18-29(33)31-19-22-10-6-5-7-11-22)26-21-32(28-13-9-8-12-25(26)28)20-23-14-16-24(34-4)17-15-23/h5-17,21,27H,18-20H2,1-4H3,(H,31,33). The van der Waals surface area contributed by atoms with Crippen molar-refractivity contribution < 1.29 is 9.53 Å². The fourth-order valence-electron chi connectivity index (χ4n) is 4.55. The molecule has 3 aromatic carbocycles. The van der Waals surface area contributed by atoms with E-state index in [1.807, 2.05) is 42.5 Å². The van der Waals surface area contributed by atoms with Crippen LogP contribution in [0.5, 0.6) is 5.75 Å². The number of rotatable bonds is 8. The van der Waals surface area contributed by atoms with Gasteiger partial charge in [0.1, 0.15) is 5.75 Å². The maximum Gasteiger partial charge on any atom is 0.220 e. The first-order chi connectivity index (χ1) is 16.3. The van der Waals surface area contributed by atoms with Crippen LogP contribution >= 0.6 is 0 Å². The average Bonchev–Trinajstić information content (AvgIpc) is 3.19. The van der Waals surface area contributed by atoms with Crippen LogP contribution in [-0.4, -0.2) is 17.6 Å². The van der Waals surface area contributed by atoms with Crippen LogP contribution in [0.15, 0.2) is 85.1 Å². The summed E-state index contributed by atoms with van der Waals surface area (Å²) in [5.74, 6) is 1.03. The Labute approximate surface area is 202 Å². The lowest BCUT2D eigenvalue weighted by molar-refractivity contribution is -0.122. The molecular weight excluding hydrogens is 420 g/mol. The summed E-state index contributed by atoms with van der Waals surface area (Å²) in [5, 5.41) is 4.33. The number of amides is 1. The van der Waals surface area contributed by atoms with Gasteiger partial charge >= 0.3 is 0 Å². The minimum absolute atomic E-state index is 0.0703. The first-order valence-corrected chi connectivity index (χ1v) is 11.9. The summed E-state index contributed by atoms with van der Waals surface area (Å²) in [4.78, 5) is 13.0. The molecule has 1 amide bonds. The average molecular weight is 455 g/mol. The van der Waals surface area contributed by atoms with Crippen LogP contribution in [0.2, 0.25) is 0 Å². The van der Waals surface area contributed by atoms with Crippen LogP contribution in [0.3, 0.4) is 0 Å². The number of hydrogen-bond donors (Lipinski definition) is 1. The van der Waals surface area contributed by atoms with Gasteiger partial charge in [0.2, 0.25) is 5.91 Å². The Bertz CT molecular complexity index is 1230. The molecule has 1 aromatic heterocycles. The second kappa shape index (κ2) is 10.2. The minimum atomic E-state index is -0.0703. The van der Waals surface area contributed by atoms with Crippen molar-refractivity contribution in [3.63, 3.8) is 0 Å². The molecule has 0 saturated carbocycles. The van der Waals surface area contributed by atoms with E-state index in [2.05, 4.69) is 73.3 Å². The Morgan fingerprint density at radius 1 is 0.912 bits per heavy atom. The van der Waals surface area contributed by atoms with Crippen molar-refractivity contribution in [2.45, 2.75) is 46.2 Å². The third-order valence-electron chi connectivity index (χ3n) is 6.47. The SMILES string of the molecule is COc1ccc(Cn2cc(C(CC(=O)NCc3ccccc3)C(C)(C)C)c3ccccc32)cc1. The molecule has 0 radical (unpaired) electrons. The number of aromatic nitrogens is 1. The number of hydrogen-bond acceptors (Lipinski definition) is 2. The molecule has 176 valence electrons. The first kappa shape index (κ1) is 23.6.